The number of hydrogen-bond donors (Lipinski definition) is 0. The molecule has 1 rings (SSSR count). The van der Waals surface area contributed by atoms with Crippen molar-refractivity contribution in [2.45, 2.75) is 206 Å². The predicted octanol–water partition coefficient (Wildman–Crippen LogP) is 12.6. The molecule has 37 heavy (non-hydrogen) atoms. The third kappa shape index (κ3) is 22.5. The van der Waals surface area contributed by atoms with Crippen LogP contribution in [0.3, 0.4) is 0 Å². The molecular formula is C36H74N+. The Kier molecular flexibility index (Phi) is 26.0. The maximum atomic E-state index is 2.31. The van der Waals surface area contributed by atoms with E-state index in [1.807, 2.05) is 0 Å². The quantitative estimate of drug-likeness (QED) is 0.0652. The Bertz CT molecular complexity index is 390. The first-order chi connectivity index (χ1) is 18.3. The minimum atomic E-state index is 1.37. The van der Waals surface area contributed by atoms with Crippen LogP contribution in [0.25, 0.3) is 0 Å². The molecule has 1 fully saturated rings. The van der Waals surface area contributed by atoms with Crippen LogP contribution in [0.2, 0.25) is 0 Å². The predicted molar refractivity (Wildman–Crippen MR) is 170 cm³/mol. The standard InChI is InChI=1S/C36H74N/c1-3-5-7-9-11-13-15-17-19-21-23-25-27-29-33-37(35-31-32-36-37)34-30-28-26-24-22-20-18-16-14-12-10-8-6-4-2/h3-36H2,1-2H3/q+1. The lowest BCUT2D eigenvalue weighted by atomic mass is 10.0. The van der Waals surface area contributed by atoms with Crippen molar-refractivity contribution in [1.82, 2.24) is 0 Å². The third-order valence-corrected chi connectivity index (χ3v) is 9.49. The highest BCUT2D eigenvalue weighted by Crippen LogP contribution is 2.23. The summed E-state index contributed by atoms with van der Waals surface area (Å²) in [6, 6.07) is 0. The minimum absolute atomic E-state index is 1.37. The van der Waals surface area contributed by atoms with Crippen molar-refractivity contribution < 1.29 is 4.48 Å². The van der Waals surface area contributed by atoms with Crippen LogP contribution in [-0.2, 0) is 0 Å². The molecule has 0 aromatic carbocycles. The van der Waals surface area contributed by atoms with Crippen LogP contribution in [0.1, 0.15) is 206 Å². The lowest BCUT2D eigenvalue weighted by Crippen LogP contribution is -2.46. The summed E-state index contributed by atoms with van der Waals surface area (Å²) >= 11 is 0. The summed E-state index contributed by atoms with van der Waals surface area (Å²) in [7, 11) is 0. The molecule has 0 saturated carbocycles. The van der Waals surface area contributed by atoms with Gasteiger partial charge in [0.2, 0.25) is 0 Å². The largest absolute Gasteiger partial charge is 0.324 e. The summed E-state index contributed by atoms with van der Waals surface area (Å²) < 4.78 is 1.50. The van der Waals surface area contributed by atoms with Gasteiger partial charge >= 0.3 is 0 Å². The lowest BCUT2D eigenvalue weighted by Gasteiger charge is -2.34. The molecule has 1 aliphatic rings. The summed E-state index contributed by atoms with van der Waals surface area (Å²) in [5.74, 6) is 0. The fourth-order valence-corrected chi connectivity index (χ4v) is 6.85. The molecule has 1 saturated heterocycles. The molecule has 0 aliphatic carbocycles. The second-order valence-electron chi connectivity index (χ2n) is 13.1. The van der Waals surface area contributed by atoms with Crippen LogP contribution < -0.4 is 0 Å². The maximum Gasteiger partial charge on any atom is 0.0788 e. The van der Waals surface area contributed by atoms with Gasteiger partial charge in [0, 0.05) is 12.8 Å². The van der Waals surface area contributed by atoms with E-state index < -0.39 is 0 Å². The molecule has 0 amide bonds. The highest BCUT2D eigenvalue weighted by molar-refractivity contribution is 4.58. The molecule has 0 aromatic heterocycles. The van der Waals surface area contributed by atoms with Crippen molar-refractivity contribution in [3.63, 3.8) is 0 Å². The van der Waals surface area contributed by atoms with Crippen LogP contribution in [0.5, 0.6) is 0 Å². The fourth-order valence-electron chi connectivity index (χ4n) is 6.85. The van der Waals surface area contributed by atoms with Crippen molar-refractivity contribution in [3.8, 4) is 0 Å². The first kappa shape index (κ1) is 35.0. The SMILES string of the molecule is CCCCCCCCCCCCCCCC[N+]1(CCCCCCCCCCCCCCCC)CCCC1. The summed E-state index contributed by atoms with van der Waals surface area (Å²) in [6.07, 6.45) is 44.4. The fraction of sp³-hybridized carbons (Fsp3) is 1.00. The Hall–Kier alpha value is -0.0400. The number of likely N-dealkylation sites (tertiary alicyclic amines) is 1. The summed E-state index contributed by atoms with van der Waals surface area (Å²) in [4.78, 5) is 0. The minimum Gasteiger partial charge on any atom is -0.324 e. The van der Waals surface area contributed by atoms with Crippen molar-refractivity contribution in [2.24, 2.45) is 0 Å². The molecule has 0 atom stereocenters. The van der Waals surface area contributed by atoms with Crippen molar-refractivity contribution in [1.29, 1.82) is 0 Å². The molecule has 0 bridgehead atoms. The topological polar surface area (TPSA) is 0 Å². The molecular weight excluding hydrogens is 446 g/mol. The Morgan fingerprint density at radius 3 is 0.757 bits per heavy atom. The average molecular weight is 521 g/mol. The van der Waals surface area contributed by atoms with Crippen molar-refractivity contribution >= 4 is 0 Å². The smallest absolute Gasteiger partial charge is 0.0788 e. The first-order valence-corrected chi connectivity index (χ1v) is 18.2. The molecule has 1 aliphatic heterocycles. The van der Waals surface area contributed by atoms with Gasteiger partial charge in [-0.25, -0.2) is 0 Å². The van der Waals surface area contributed by atoms with Gasteiger partial charge in [-0.2, -0.15) is 0 Å². The van der Waals surface area contributed by atoms with Gasteiger partial charge in [0.1, 0.15) is 0 Å². The molecule has 1 heteroatoms. The van der Waals surface area contributed by atoms with E-state index in [0.717, 1.165) is 0 Å². The van der Waals surface area contributed by atoms with Gasteiger partial charge < -0.3 is 4.48 Å². The Balaban J connectivity index is 1.87. The van der Waals surface area contributed by atoms with E-state index in [1.165, 1.54) is 223 Å². The van der Waals surface area contributed by atoms with E-state index in [0.29, 0.717) is 0 Å². The van der Waals surface area contributed by atoms with E-state index in [2.05, 4.69) is 13.8 Å². The van der Waals surface area contributed by atoms with Gasteiger partial charge in [-0.3, -0.25) is 0 Å². The van der Waals surface area contributed by atoms with Crippen LogP contribution in [0.4, 0.5) is 0 Å². The van der Waals surface area contributed by atoms with Gasteiger partial charge in [0.25, 0.3) is 0 Å². The van der Waals surface area contributed by atoms with Crippen LogP contribution in [0, 0.1) is 0 Å². The van der Waals surface area contributed by atoms with E-state index in [1.54, 1.807) is 0 Å². The molecule has 0 spiro atoms. The summed E-state index contributed by atoms with van der Waals surface area (Å²) in [6.45, 7) is 10.6. The van der Waals surface area contributed by atoms with E-state index in [-0.39, 0.29) is 0 Å². The molecule has 0 aromatic rings. The molecule has 1 heterocycles. The monoisotopic (exact) mass is 521 g/mol. The second kappa shape index (κ2) is 27.5. The van der Waals surface area contributed by atoms with Gasteiger partial charge in [-0.1, -0.05) is 168 Å². The van der Waals surface area contributed by atoms with Crippen molar-refractivity contribution in [2.75, 3.05) is 26.2 Å². The van der Waals surface area contributed by atoms with Gasteiger partial charge in [-0.15, -0.1) is 0 Å². The summed E-state index contributed by atoms with van der Waals surface area (Å²) in [5, 5.41) is 0. The van der Waals surface area contributed by atoms with E-state index in [9.17, 15) is 0 Å². The number of quaternary nitrogens is 1. The van der Waals surface area contributed by atoms with Crippen LogP contribution >= 0.6 is 0 Å². The lowest BCUT2D eigenvalue weighted by molar-refractivity contribution is -0.917. The van der Waals surface area contributed by atoms with Crippen LogP contribution in [-0.4, -0.2) is 30.7 Å². The van der Waals surface area contributed by atoms with Crippen LogP contribution in [0.15, 0.2) is 0 Å². The molecule has 222 valence electrons. The average Bonchev–Trinajstić information content (AvgIpc) is 3.38. The van der Waals surface area contributed by atoms with Gasteiger partial charge in [0.15, 0.2) is 0 Å². The maximum absolute atomic E-state index is 2.31. The Morgan fingerprint density at radius 1 is 0.297 bits per heavy atom. The zero-order valence-electron chi connectivity index (χ0n) is 26.5. The number of hydrogen-bond acceptors (Lipinski definition) is 0. The number of nitrogens with zero attached hydrogens (tertiary/aromatic N) is 1. The normalized spacial score (nSPS) is 15.1. The van der Waals surface area contributed by atoms with Gasteiger partial charge in [-0.05, 0) is 25.7 Å². The van der Waals surface area contributed by atoms with E-state index in [4.69, 9.17) is 0 Å². The molecule has 1 nitrogen and oxygen atoms in total. The Labute approximate surface area is 236 Å². The summed E-state index contributed by atoms with van der Waals surface area (Å²) in [5.41, 5.74) is 0. The van der Waals surface area contributed by atoms with E-state index >= 15 is 0 Å². The highest BCUT2D eigenvalue weighted by Gasteiger charge is 2.30. The third-order valence-electron chi connectivity index (χ3n) is 9.49. The zero-order valence-corrected chi connectivity index (χ0v) is 26.5. The number of rotatable bonds is 30. The highest BCUT2D eigenvalue weighted by atomic mass is 15.4. The number of unbranched alkanes of at least 4 members (excludes halogenated alkanes) is 26. The molecule has 0 unspecified atom stereocenters. The van der Waals surface area contributed by atoms with Crippen molar-refractivity contribution in [3.05, 3.63) is 0 Å². The second-order valence-corrected chi connectivity index (χ2v) is 13.1. The Morgan fingerprint density at radius 2 is 0.514 bits per heavy atom. The van der Waals surface area contributed by atoms with Gasteiger partial charge in [0.05, 0.1) is 26.2 Å². The first-order valence-electron chi connectivity index (χ1n) is 18.2. The molecule has 0 N–H and O–H groups in total. The molecule has 0 radical (unpaired) electrons. The zero-order chi connectivity index (χ0) is 26.5.